The van der Waals surface area contributed by atoms with E-state index in [9.17, 15) is 0 Å². The number of aromatic nitrogens is 1. The van der Waals surface area contributed by atoms with Gasteiger partial charge in [-0.3, -0.25) is 0 Å². The Kier molecular flexibility index (Phi) is 7.40. The molecule has 0 aliphatic rings. The molecule has 27 heavy (non-hydrogen) atoms. The molecule has 142 valence electrons. The molecule has 0 N–H and O–H groups in total. The van der Waals surface area contributed by atoms with Gasteiger partial charge in [-0.25, -0.2) is 0 Å². The van der Waals surface area contributed by atoms with Crippen molar-refractivity contribution in [2.75, 3.05) is 0 Å². The highest BCUT2D eigenvalue weighted by Crippen LogP contribution is 2.30. The Bertz CT molecular complexity index is 894. The van der Waals surface area contributed by atoms with Gasteiger partial charge >= 0.3 is 0 Å². The molecule has 0 aliphatic carbocycles. The number of aryl methyl sites for hydroxylation is 1. The lowest BCUT2D eigenvalue weighted by atomic mass is 10.1. The predicted molar refractivity (Wildman–Crippen MR) is 119 cm³/mol. The van der Waals surface area contributed by atoms with E-state index in [0.29, 0.717) is 0 Å². The van der Waals surface area contributed by atoms with Crippen molar-refractivity contribution in [3.05, 3.63) is 48.0 Å². The molecular formula is C26H33N. The van der Waals surface area contributed by atoms with E-state index in [1.807, 2.05) is 0 Å². The van der Waals surface area contributed by atoms with E-state index in [1.54, 1.807) is 0 Å². The Morgan fingerprint density at radius 2 is 1.37 bits per heavy atom. The molecule has 0 saturated heterocycles. The number of terminal acetylenes is 1. The second-order valence-electron chi connectivity index (χ2n) is 7.73. The first kappa shape index (κ1) is 19.6. The summed E-state index contributed by atoms with van der Waals surface area (Å²) in [5.41, 5.74) is 3.60. The van der Waals surface area contributed by atoms with E-state index in [4.69, 9.17) is 6.42 Å². The van der Waals surface area contributed by atoms with Crippen LogP contribution in [0.25, 0.3) is 21.8 Å². The van der Waals surface area contributed by atoms with Crippen LogP contribution in [0.5, 0.6) is 0 Å². The van der Waals surface area contributed by atoms with Crippen LogP contribution < -0.4 is 0 Å². The number of nitrogens with zero attached hydrogens (tertiary/aromatic N) is 1. The molecule has 3 aromatic rings. The van der Waals surface area contributed by atoms with E-state index in [0.717, 1.165) is 12.1 Å². The maximum absolute atomic E-state index is 5.61. The highest BCUT2D eigenvalue weighted by molar-refractivity contribution is 6.08. The molecule has 0 saturated carbocycles. The summed E-state index contributed by atoms with van der Waals surface area (Å²) in [6, 6.07) is 15.1. The number of unbranched alkanes of at least 4 members (excludes halogenated alkanes) is 9. The van der Waals surface area contributed by atoms with Gasteiger partial charge in [-0.2, -0.15) is 0 Å². The maximum atomic E-state index is 5.61. The second kappa shape index (κ2) is 10.2. The van der Waals surface area contributed by atoms with Crippen molar-refractivity contribution in [2.24, 2.45) is 0 Å². The molecular weight excluding hydrogens is 326 g/mol. The molecule has 0 spiro atoms. The van der Waals surface area contributed by atoms with Crippen molar-refractivity contribution in [3.63, 3.8) is 0 Å². The third kappa shape index (κ3) is 4.95. The van der Waals surface area contributed by atoms with Crippen LogP contribution in [0, 0.1) is 12.3 Å². The molecule has 0 aliphatic heterocycles. The lowest BCUT2D eigenvalue weighted by Crippen LogP contribution is -1.97. The number of hydrogen-bond acceptors (Lipinski definition) is 0. The van der Waals surface area contributed by atoms with Crippen LogP contribution in [0.4, 0.5) is 0 Å². The number of rotatable bonds is 11. The quantitative estimate of drug-likeness (QED) is 0.244. The molecule has 0 atom stereocenters. The average molecular weight is 360 g/mol. The minimum absolute atomic E-state index is 0.962. The summed E-state index contributed by atoms with van der Waals surface area (Å²) in [7, 11) is 0. The predicted octanol–water partition coefficient (Wildman–Crippen LogP) is 7.70. The topological polar surface area (TPSA) is 4.93 Å². The van der Waals surface area contributed by atoms with Gasteiger partial charge < -0.3 is 4.57 Å². The zero-order valence-corrected chi connectivity index (χ0v) is 16.8. The summed E-state index contributed by atoms with van der Waals surface area (Å²) in [5.74, 6) is 2.77. The van der Waals surface area contributed by atoms with Crippen molar-refractivity contribution in [2.45, 2.75) is 77.7 Å². The summed E-state index contributed by atoms with van der Waals surface area (Å²) in [5, 5.41) is 2.60. The molecule has 0 unspecified atom stereocenters. The first-order valence-corrected chi connectivity index (χ1v) is 10.8. The Labute approximate surface area is 164 Å². The zero-order chi connectivity index (χ0) is 18.9. The van der Waals surface area contributed by atoms with Crippen LogP contribution in [0.3, 0.4) is 0 Å². The molecule has 0 amide bonds. The van der Waals surface area contributed by atoms with Crippen molar-refractivity contribution < 1.29 is 0 Å². The summed E-state index contributed by atoms with van der Waals surface area (Å²) in [4.78, 5) is 0. The summed E-state index contributed by atoms with van der Waals surface area (Å²) >= 11 is 0. The molecule has 0 fully saturated rings. The molecule has 2 aromatic carbocycles. The van der Waals surface area contributed by atoms with E-state index in [1.165, 1.54) is 86.0 Å². The standard InChI is InChI=1S/C26H33N/c1-3-5-6-7-8-9-10-11-12-15-20-27-25-17-14-13-16-23(25)24-21-22(4-2)18-19-26(24)27/h2,13-14,16-19,21H,3,5-12,15,20H2,1H3. The van der Waals surface area contributed by atoms with Gasteiger partial charge in [0, 0.05) is 33.9 Å². The molecule has 0 bridgehead atoms. The minimum atomic E-state index is 0.962. The molecule has 3 rings (SSSR count). The van der Waals surface area contributed by atoms with Gasteiger partial charge in [-0.1, -0.05) is 88.8 Å². The Balaban J connectivity index is 1.55. The largest absolute Gasteiger partial charge is 0.340 e. The molecule has 1 aromatic heterocycles. The summed E-state index contributed by atoms with van der Waals surface area (Å²) in [6.07, 6.45) is 19.4. The normalized spacial score (nSPS) is 11.3. The average Bonchev–Trinajstić information content (AvgIpc) is 3.02. The Morgan fingerprint density at radius 3 is 2.07 bits per heavy atom. The van der Waals surface area contributed by atoms with Crippen LogP contribution in [0.2, 0.25) is 0 Å². The molecule has 1 heteroatoms. The van der Waals surface area contributed by atoms with Crippen molar-refractivity contribution >= 4 is 21.8 Å². The van der Waals surface area contributed by atoms with Crippen LogP contribution >= 0.6 is 0 Å². The number of para-hydroxylation sites is 1. The Hall–Kier alpha value is -2.20. The van der Waals surface area contributed by atoms with Crippen molar-refractivity contribution in [3.8, 4) is 12.3 Å². The molecule has 1 nitrogen and oxygen atoms in total. The van der Waals surface area contributed by atoms with Gasteiger partial charge in [-0.05, 0) is 30.7 Å². The van der Waals surface area contributed by atoms with Crippen LogP contribution in [0.1, 0.15) is 76.7 Å². The van der Waals surface area contributed by atoms with E-state index >= 15 is 0 Å². The number of benzene rings is 2. The fourth-order valence-electron chi connectivity index (χ4n) is 4.14. The Morgan fingerprint density at radius 1 is 0.741 bits per heavy atom. The van der Waals surface area contributed by atoms with Gasteiger partial charge in [0.1, 0.15) is 0 Å². The monoisotopic (exact) mass is 359 g/mol. The third-order valence-electron chi connectivity index (χ3n) is 5.67. The number of fused-ring (bicyclic) bond motifs is 3. The van der Waals surface area contributed by atoms with Gasteiger partial charge in [0.25, 0.3) is 0 Å². The summed E-state index contributed by atoms with van der Waals surface area (Å²) in [6.45, 7) is 3.38. The minimum Gasteiger partial charge on any atom is -0.340 e. The van der Waals surface area contributed by atoms with Crippen LogP contribution in [-0.2, 0) is 6.54 Å². The smallest absolute Gasteiger partial charge is 0.0492 e. The third-order valence-corrected chi connectivity index (χ3v) is 5.67. The van der Waals surface area contributed by atoms with Crippen molar-refractivity contribution in [1.82, 2.24) is 4.57 Å². The fourth-order valence-corrected chi connectivity index (χ4v) is 4.14. The molecule has 1 heterocycles. The van der Waals surface area contributed by atoms with E-state index in [-0.39, 0.29) is 0 Å². The van der Waals surface area contributed by atoms with Crippen molar-refractivity contribution in [1.29, 1.82) is 0 Å². The van der Waals surface area contributed by atoms with Crippen LogP contribution in [0.15, 0.2) is 42.5 Å². The van der Waals surface area contributed by atoms with Gasteiger partial charge in [0.05, 0.1) is 0 Å². The number of hydrogen-bond donors (Lipinski definition) is 0. The zero-order valence-electron chi connectivity index (χ0n) is 16.8. The second-order valence-corrected chi connectivity index (χ2v) is 7.73. The first-order chi connectivity index (χ1) is 13.3. The first-order valence-electron chi connectivity index (χ1n) is 10.8. The van der Waals surface area contributed by atoms with Gasteiger partial charge in [0.15, 0.2) is 0 Å². The lowest BCUT2D eigenvalue weighted by Gasteiger charge is -2.08. The maximum Gasteiger partial charge on any atom is 0.0492 e. The fraction of sp³-hybridized carbons (Fsp3) is 0.462. The SMILES string of the molecule is C#Cc1ccc2c(c1)c1ccccc1n2CCCCCCCCCCCC. The van der Waals surface area contributed by atoms with E-state index in [2.05, 4.69) is 59.9 Å². The van der Waals surface area contributed by atoms with Gasteiger partial charge in [-0.15, -0.1) is 6.42 Å². The highest BCUT2D eigenvalue weighted by atomic mass is 15.0. The van der Waals surface area contributed by atoms with E-state index < -0.39 is 0 Å². The van der Waals surface area contributed by atoms with Gasteiger partial charge in [0.2, 0.25) is 0 Å². The summed E-state index contributed by atoms with van der Waals surface area (Å²) < 4.78 is 2.48. The molecule has 0 radical (unpaired) electrons. The van der Waals surface area contributed by atoms with Crippen LogP contribution in [-0.4, -0.2) is 4.57 Å². The lowest BCUT2D eigenvalue weighted by molar-refractivity contribution is 0.541. The highest BCUT2D eigenvalue weighted by Gasteiger charge is 2.10.